The maximum Gasteiger partial charge on any atom is 0.306 e. The Morgan fingerprint density at radius 1 is 1.29 bits per heavy atom. The molecule has 5 heteroatoms. The van der Waals surface area contributed by atoms with Crippen LogP contribution in [0.4, 0.5) is 0 Å². The number of aromatic amines is 1. The van der Waals surface area contributed by atoms with Crippen molar-refractivity contribution < 1.29 is 14.7 Å². The monoisotopic (exact) mass is 286 g/mol. The Bertz CT molecular complexity index is 726. The standard InChI is InChI=1S/C16H18N2O3/c1-8-9(2)17-14-12(8)4-3-5-13(14)15(19)18-11-6-10(7-11)16(20)21/h3-5,10-11,17H,6-7H2,1-2H3,(H,18,19)(H,20,21). The smallest absolute Gasteiger partial charge is 0.306 e. The molecule has 0 spiro atoms. The fourth-order valence-electron chi connectivity index (χ4n) is 2.87. The highest BCUT2D eigenvalue weighted by atomic mass is 16.4. The number of aryl methyl sites for hydroxylation is 2. The summed E-state index contributed by atoms with van der Waals surface area (Å²) >= 11 is 0. The molecule has 0 atom stereocenters. The fourth-order valence-corrected chi connectivity index (χ4v) is 2.87. The van der Waals surface area contributed by atoms with Crippen molar-refractivity contribution in [1.82, 2.24) is 10.3 Å². The van der Waals surface area contributed by atoms with Gasteiger partial charge in [0.25, 0.3) is 5.91 Å². The van der Waals surface area contributed by atoms with Gasteiger partial charge in [-0.15, -0.1) is 0 Å². The van der Waals surface area contributed by atoms with E-state index >= 15 is 0 Å². The zero-order valence-electron chi connectivity index (χ0n) is 12.1. The SMILES string of the molecule is Cc1[nH]c2c(C(=O)NC3CC(C(=O)O)C3)cccc2c1C. The molecule has 0 bridgehead atoms. The minimum Gasteiger partial charge on any atom is -0.481 e. The molecule has 0 saturated heterocycles. The van der Waals surface area contributed by atoms with Crippen LogP contribution >= 0.6 is 0 Å². The van der Waals surface area contributed by atoms with Crippen LogP contribution in [0.3, 0.4) is 0 Å². The van der Waals surface area contributed by atoms with Gasteiger partial charge >= 0.3 is 5.97 Å². The summed E-state index contributed by atoms with van der Waals surface area (Å²) < 4.78 is 0. The number of nitrogens with one attached hydrogen (secondary N) is 2. The summed E-state index contributed by atoms with van der Waals surface area (Å²) in [6.45, 7) is 4.01. The Labute approximate surface area is 122 Å². The van der Waals surface area contributed by atoms with Gasteiger partial charge in [-0.3, -0.25) is 9.59 Å². The van der Waals surface area contributed by atoms with Gasteiger partial charge in [-0.1, -0.05) is 12.1 Å². The van der Waals surface area contributed by atoms with Crippen LogP contribution in [-0.4, -0.2) is 28.0 Å². The molecule has 1 aliphatic carbocycles. The molecule has 0 aliphatic heterocycles. The van der Waals surface area contributed by atoms with E-state index < -0.39 is 5.97 Å². The van der Waals surface area contributed by atoms with Crippen LogP contribution in [0.5, 0.6) is 0 Å². The number of carboxylic acids is 1. The van der Waals surface area contributed by atoms with Crippen LogP contribution in [0.2, 0.25) is 0 Å². The maximum atomic E-state index is 12.4. The highest BCUT2D eigenvalue weighted by Gasteiger charge is 2.35. The normalized spacial score (nSPS) is 21.0. The van der Waals surface area contributed by atoms with Gasteiger partial charge in [0.05, 0.1) is 17.0 Å². The van der Waals surface area contributed by atoms with Crippen molar-refractivity contribution in [1.29, 1.82) is 0 Å². The van der Waals surface area contributed by atoms with Gasteiger partial charge in [-0.2, -0.15) is 0 Å². The molecule has 1 fully saturated rings. The van der Waals surface area contributed by atoms with E-state index in [2.05, 4.69) is 10.3 Å². The number of H-pyrrole nitrogens is 1. The van der Waals surface area contributed by atoms with E-state index in [-0.39, 0.29) is 17.9 Å². The number of carboxylic acid groups (broad SMARTS) is 1. The minimum absolute atomic E-state index is 0.0361. The first-order valence-electron chi connectivity index (χ1n) is 7.09. The third-order valence-electron chi connectivity index (χ3n) is 4.41. The number of carbonyl (C=O) groups is 2. The van der Waals surface area contributed by atoms with Crippen LogP contribution < -0.4 is 5.32 Å². The van der Waals surface area contributed by atoms with Crippen molar-refractivity contribution in [2.75, 3.05) is 0 Å². The summed E-state index contributed by atoms with van der Waals surface area (Å²) in [6, 6.07) is 5.62. The molecule has 1 aliphatic rings. The molecular formula is C16H18N2O3. The molecule has 21 heavy (non-hydrogen) atoms. The number of fused-ring (bicyclic) bond motifs is 1. The highest BCUT2D eigenvalue weighted by Crippen LogP contribution is 2.29. The molecule has 1 amide bonds. The topological polar surface area (TPSA) is 82.2 Å². The summed E-state index contributed by atoms with van der Waals surface area (Å²) in [4.78, 5) is 26.4. The Kier molecular flexibility index (Phi) is 3.20. The third-order valence-corrected chi connectivity index (χ3v) is 4.41. The number of benzene rings is 1. The number of aromatic nitrogens is 1. The zero-order valence-corrected chi connectivity index (χ0v) is 12.1. The summed E-state index contributed by atoms with van der Waals surface area (Å²) in [5.41, 5.74) is 3.66. The Morgan fingerprint density at radius 3 is 2.67 bits per heavy atom. The average Bonchev–Trinajstić information content (AvgIpc) is 2.68. The quantitative estimate of drug-likeness (QED) is 0.810. The Hall–Kier alpha value is -2.30. The lowest BCUT2D eigenvalue weighted by Gasteiger charge is -2.32. The number of carbonyl (C=O) groups excluding carboxylic acids is 1. The predicted octanol–water partition coefficient (Wildman–Crippen LogP) is 2.38. The Balaban J connectivity index is 1.80. The van der Waals surface area contributed by atoms with E-state index in [1.54, 1.807) is 6.07 Å². The fraction of sp³-hybridized carbons (Fsp3) is 0.375. The second kappa shape index (κ2) is 4.91. The molecule has 5 nitrogen and oxygen atoms in total. The van der Waals surface area contributed by atoms with Gasteiger partial charge in [0, 0.05) is 17.1 Å². The average molecular weight is 286 g/mol. The van der Waals surface area contributed by atoms with Crippen LogP contribution in [0.25, 0.3) is 10.9 Å². The predicted molar refractivity (Wildman–Crippen MR) is 79.4 cm³/mol. The molecule has 1 saturated carbocycles. The molecule has 1 aromatic heterocycles. The maximum absolute atomic E-state index is 12.4. The van der Waals surface area contributed by atoms with Crippen LogP contribution in [0, 0.1) is 19.8 Å². The van der Waals surface area contributed by atoms with Gasteiger partial charge in [0.2, 0.25) is 0 Å². The first-order chi connectivity index (χ1) is 9.97. The number of amides is 1. The second-order valence-electron chi connectivity index (χ2n) is 5.78. The van der Waals surface area contributed by atoms with Crippen LogP contribution in [-0.2, 0) is 4.79 Å². The minimum atomic E-state index is -0.779. The van der Waals surface area contributed by atoms with E-state index in [9.17, 15) is 9.59 Å². The largest absolute Gasteiger partial charge is 0.481 e. The van der Waals surface area contributed by atoms with Gasteiger partial charge < -0.3 is 15.4 Å². The summed E-state index contributed by atoms with van der Waals surface area (Å²) in [5, 5.41) is 12.8. The van der Waals surface area contributed by atoms with E-state index in [4.69, 9.17) is 5.11 Å². The molecule has 2 aromatic rings. The molecule has 0 unspecified atom stereocenters. The lowest BCUT2D eigenvalue weighted by molar-refractivity contribution is -0.145. The van der Waals surface area contributed by atoms with Gasteiger partial charge in [0.1, 0.15) is 0 Å². The number of para-hydroxylation sites is 1. The van der Waals surface area contributed by atoms with Crippen LogP contribution in [0.1, 0.15) is 34.5 Å². The zero-order chi connectivity index (χ0) is 15.1. The summed E-state index contributed by atoms with van der Waals surface area (Å²) in [5.74, 6) is -1.24. The molecule has 1 aromatic carbocycles. The van der Waals surface area contributed by atoms with Crippen molar-refractivity contribution >= 4 is 22.8 Å². The van der Waals surface area contributed by atoms with Crippen molar-refractivity contribution in [3.05, 3.63) is 35.0 Å². The van der Waals surface area contributed by atoms with Crippen molar-refractivity contribution in [2.24, 2.45) is 5.92 Å². The van der Waals surface area contributed by atoms with E-state index in [1.807, 2.05) is 26.0 Å². The molecule has 1 heterocycles. The van der Waals surface area contributed by atoms with E-state index in [0.717, 1.165) is 22.2 Å². The number of rotatable bonds is 3. The van der Waals surface area contributed by atoms with Crippen molar-refractivity contribution in [3.63, 3.8) is 0 Å². The summed E-state index contributed by atoms with van der Waals surface area (Å²) in [6.07, 6.45) is 1.03. The van der Waals surface area contributed by atoms with E-state index in [0.29, 0.717) is 18.4 Å². The molecular weight excluding hydrogens is 268 g/mol. The first-order valence-corrected chi connectivity index (χ1v) is 7.09. The van der Waals surface area contributed by atoms with Crippen LogP contribution in [0.15, 0.2) is 18.2 Å². The van der Waals surface area contributed by atoms with Gasteiger partial charge in [-0.05, 0) is 38.3 Å². The second-order valence-corrected chi connectivity index (χ2v) is 5.78. The first kappa shape index (κ1) is 13.7. The highest BCUT2D eigenvalue weighted by molar-refractivity contribution is 6.06. The van der Waals surface area contributed by atoms with Crippen molar-refractivity contribution in [2.45, 2.75) is 32.7 Å². The van der Waals surface area contributed by atoms with Gasteiger partial charge in [-0.25, -0.2) is 0 Å². The summed E-state index contributed by atoms with van der Waals surface area (Å²) in [7, 11) is 0. The molecule has 3 N–H and O–H groups in total. The molecule has 0 radical (unpaired) electrons. The molecule has 110 valence electrons. The number of hydrogen-bond donors (Lipinski definition) is 3. The van der Waals surface area contributed by atoms with Crippen molar-refractivity contribution in [3.8, 4) is 0 Å². The lowest BCUT2D eigenvalue weighted by atomic mass is 9.80. The number of aliphatic carboxylic acids is 1. The lowest BCUT2D eigenvalue weighted by Crippen LogP contribution is -2.46. The van der Waals surface area contributed by atoms with E-state index in [1.165, 1.54) is 0 Å². The number of hydrogen-bond acceptors (Lipinski definition) is 2. The Morgan fingerprint density at radius 2 is 2.00 bits per heavy atom. The third kappa shape index (κ3) is 2.28. The van der Waals surface area contributed by atoms with Gasteiger partial charge in [0.15, 0.2) is 0 Å². The molecule has 3 rings (SSSR count).